The lowest BCUT2D eigenvalue weighted by Crippen LogP contribution is -2.45. The van der Waals surface area contributed by atoms with Crippen LogP contribution in [-0.2, 0) is 10.7 Å². The van der Waals surface area contributed by atoms with Gasteiger partial charge in [0.05, 0.1) is 11.9 Å². The van der Waals surface area contributed by atoms with Crippen molar-refractivity contribution in [1.82, 2.24) is 34.6 Å². The standard InChI is InChI=1S/C25H28F3N9O.C2H6/c1-16-13-21(33-32-16)30-23-20-14-19(29-22(38)7-8-36-11-9-35(2)10-12-36)15-37(20)34-24(31-23)25(27,28)17-3-5-18(26)6-4-17;1-2/h3-6,13-15H,7-12H2,1-2H3,(H,29,38)(H2,30,31,32,33,34);1-2H3. The topological polar surface area (TPSA) is 106 Å². The zero-order chi connectivity index (χ0) is 28.9. The van der Waals surface area contributed by atoms with E-state index in [4.69, 9.17) is 0 Å². The van der Waals surface area contributed by atoms with Crippen molar-refractivity contribution >= 4 is 28.7 Å². The van der Waals surface area contributed by atoms with Crippen LogP contribution in [-0.4, -0.2) is 80.3 Å². The van der Waals surface area contributed by atoms with Gasteiger partial charge in [0, 0.05) is 56.5 Å². The van der Waals surface area contributed by atoms with Crippen molar-refractivity contribution in [2.24, 2.45) is 0 Å². The smallest absolute Gasteiger partial charge is 0.325 e. The number of benzene rings is 1. The van der Waals surface area contributed by atoms with Crippen molar-refractivity contribution in [3.8, 4) is 0 Å². The molecule has 1 aliphatic heterocycles. The fraction of sp³-hybridized carbons (Fsp3) is 0.407. The lowest BCUT2D eigenvalue weighted by molar-refractivity contribution is -0.116. The number of H-pyrrole nitrogens is 1. The normalized spacial score (nSPS) is 14.6. The van der Waals surface area contributed by atoms with Crippen LogP contribution in [0.25, 0.3) is 5.52 Å². The average Bonchev–Trinajstić information content (AvgIpc) is 3.55. The summed E-state index contributed by atoms with van der Waals surface area (Å²) in [4.78, 5) is 21.2. The number of alkyl halides is 2. The number of hydrogen-bond acceptors (Lipinski definition) is 7. The number of aromatic amines is 1. The van der Waals surface area contributed by atoms with Crippen LogP contribution in [0.3, 0.4) is 0 Å². The van der Waals surface area contributed by atoms with Gasteiger partial charge >= 0.3 is 5.92 Å². The van der Waals surface area contributed by atoms with Gasteiger partial charge in [-0.2, -0.15) is 13.9 Å². The SMILES string of the molecule is CC.Cc1cc(Nc2nc(C(F)(F)c3ccc(F)cc3)nn3cc(NC(=O)CCN4CCN(C)CC4)cc23)n[nH]1. The van der Waals surface area contributed by atoms with E-state index < -0.39 is 23.1 Å². The van der Waals surface area contributed by atoms with Gasteiger partial charge < -0.3 is 20.4 Å². The van der Waals surface area contributed by atoms with Crippen LogP contribution in [0.15, 0.2) is 42.6 Å². The van der Waals surface area contributed by atoms with Crippen LogP contribution < -0.4 is 10.6 Å². The Bertz CT molecular complexity index is 1430. The largest absolute Gasteiger partial charge is 0.333 e. The minimum Gasteiger partial charge on any atom is -0.325 e. The zero-order valence-corrected chi connectivity index (χ0v) is 23.0. The van der Waals surface area contributed by atoms with Gasteiger partial charge in [0.15, 0.2) is 11.6 Å². The van der Waals surface area contributed by atoms with Crippen LogP contribution in [0.2, 0.25) is 0 Å². The molecule has 4 aromatic rings. The number of aryl methyl sites for hydroxylation is 1. The highest BCUT2D eigenvalue weighted by molar-refractivity contribution is 5.92. The van der Waals surface area contributed by atoms with Crippen molar-refractivity contribution in [2.75, 3.05) is 50.4 Å². The first kappa shape index (κ1) is 29.0. The fourth-order valence-electron chi connectivity index (χ4n) is 4.24. The molecule has 1 aliphatic rings. The van der Waals surface area contributed by atoms with E-state index in [1.165, 1.54) is 10.7 Å². The van der Waals surface area contributed by atoms with Gasteiger partial charge in [-0.15, -0.1) is 5.10 Å². The third kappa shape index (κ3) is 6.77. The highest BCUT2D eigenvalue weighted by Crippen LogP contribution is 2.35. The molecule has 0 unspecified atom stereocenters. The third-order valence-electron chi connectivity index (χ3n) is 6.44. The van der Waals surface area contributed by atoms with Gasteiger partial charge in [0.2, 0.25) is 11.7 Å². The third-order valence-corrected chi connectivity index (χ3v) is 6.44. The maximum absolute atomic E-state index is 15.4. The van der Waals surface area contributed by atoms with E-state index in [2.05, 4.69) is 47.8 Å². The average molecular weight is 558 g/mol. The molecule has 4 heterocycles. The molecule has 40 heavy (non-hydrogen) atoms. The number of amides is 1. The second-order valence-electron chi connectivity index (χ2n) is 9.43. The van der Waals surface area contributed by atoms with Crippen molar-refractivity contribution < 1.29 is 18.0 Å². The number of halogens is 3. The Morgan fingerprint density at radius 2 is 1.80 bits per heavy atom. The van der Waals surface area contributed by atoms with Gasteiger partial charge in [0.25, 0.3) is 0 Å². The molecule has 3 aromatic heterocycles. The van der Waals surface area contributed by atoms with Crippen molar-refractivity contribution in [1.29, 1.82) is 0 Å². The molecule has 1 saturated heterocycles. The monoisotopic (exact) mass is 557 g/mol. The van der Waals surface area contributed by atoms with Crippen LogP contribution in [0.5, 0.6) is 0 Å². The van der Waals surface area contributed by atoms with Crippen LogP contribution >= 0.6 is 0 Å². The van der Waals surface area contributed by atoms with Gasteiger partial charge in [0.1, 0.15) is 11.3 Å². The summed E-state index contributed by atoms with van der Waals surface area (Å²) in [7, 11) is 2.07. The number of hydrogen-bond donors (Lipinski definition) is 3. The molecule has 1 aromatic carbocycles. The van der Waals surface area contributed by atoms with Gasteiger partial charge in [-0.3, -0.25) is 9.89 Å². The van der Waals surface area contributed by atoms with E-state index in [-0.39, 0.29) is 11.7 Å². The number of carbonyl (C=O) groups is 1. The number of piperazine rings is 1. The summed E-state index contributed by atoms with van der Waals surface area (Å²) in [5, 5.41) is 16.7. The second kappa shape index (κ2) is 12.5. The molecule has 0 aliphatic carbocycles. The molecule has 10 nitrogen and oxygen atoms in total. The minimum absolute atomic E-state index is 0.0706. The molecule has 5 rings (SSSR count). The van der Waals surface area contributed by atoms with E-state index in [1.54, 1.807) is 19.1 Å². The Kier molecular flexibility index (Phi) is 9.05. The first-order valence-corrected chi connectivity index (χ1v) is 13.2. The first-order valence-electron chi connectivity index (χ1n) is 13.2. The summed E-state index contributed by atoms with van der Waals surface area (Å²) >= 11 is 0. The molecule has 0 saturated carbocycles. The Morgan fingerprint density at radius 1 is 1.10 bits per heavy atom. The summed E-state index contributed by atoms with van der Waals surface area (Å²) in [6, 6.07) is 7.21. The molecule has 3 N–H and O–H groups in total. The molecule has 13 heteroatoms. The predicted octanol–water partition coefficient (Wildman–Crippen LogP) is 4.39. The number of carbonyl (C=O) groups excluding carboxylic acids is 1. The number of anilines is 3. The maximum atomic E-state index is 15.4. The fourth-order valence-corrected chi connectivity index (χ4v) is 4.24. The first-order chi connectivity index (χ1) is 19.2. The summed E-state index contributed by atoms with van der Waals surface area (Å²) in [6.45, 7) is 10.2. The number of fused-ring (bicyclic) bond motifs is 1. The van der Waals surface area contributed by atoms with E-state index in [0.717, 1.165) is 56.1 Å². The van der Waals surface area contributed by atoms with Crippen molar-refractivity contribution in [3.63, 3.8) is 0 Å². The molecular formula is C27H34F3N9O. The van der Waals surface area contributed by atoms with E-state index in [9.17, 15) is 9.18 Å². The number of nitrogens with zero attached hydrogens (tertiary/aromatic N) is 6. The molecule has 1 fully saturated rings. The molecule has 0 radical (unpaired) electrons. The molecule has 0 bridgehead atoms. The van der Waals surface area contributed by atoms with Crippen LogP contribution in [0.4, 0.5) is 30.5 Å². The number of likely N-dealkylation sites (N-methyl/N-ethyl adjacent to an activating group) is 1. The summed E-state index contributed by atoms with van der Waals surface area (Å²) in [6.07, 6.45) is 1.75. The van der Waals surface area contributed by atoms with Crippen molar-refractivity contribution in [2.45, 2.75) is 33.1 Å². The second-order valence-corrected chi connectivity index (χ2v) is 9.43. The zero-order valence-electron chi connectivity index (χ0n) is 23.0. The number of nitrogens with one attached hydrogen (secondary N) is 3. The summed E-state index contributed by atoms with van der Waals surface area (Å²) < 4.78 is 45.4. The number of aromatic nitrogens is 5. The van der Waals surface area contributed by atoms with Gasteiger partial charge in [-0.05, 0) is 44.3 Å². The van der Waals surface area contributed by atoms with Crippen LogP contribution in [0, 0.1) is 12.7 Å². The summed E-state index contributed by atoms with van der Waals surface area (Å²) in [5.41, 5.74) is 1.06. The molecule has 0 spiro atoms. The van der Waals surface area contributed by atoms with Crippen molar-refractivity contribution in [3.05, 3.63) is 65.5 Å². The van der Waals surface area contributed by atoms with Gasteiger partial charge in [-0.1, -0.05) is 13.8 Å². The predicted molar refractivity (Wildman–Crippen MR) is 148 cm³/mol. The minimum atomic E-state index is -3.62. The molecular weight excluding hydrogens is 523 g/mol. The lowest BCUT2D eigenvalue weighted by atomic mass is 10.1. The quantitative estimate of drug-likeness (QED) is 0.295. The van der Waals surface area contributed by atoms with Gasteiger partial charge in [-0.25, -0.2) is 13.9 Å². The Labute approximate surface area is 230 Å². The van der Waals surface area contributed by atoms with Crippen LogP contribution in [0.1, 0.15) is 37.4 Å². The highest BCUT2D eigenvalue weighted by Gasteiger charge is 2.39. The Hall–Kier alpha value is -3.97. The Morgan fingerprint density at radius 3 is 2.45 bits per heavy atom. The molecule has 0 atom stereocenters. The van der Waals surface area contributed by atoms with E-state index >= 15 is 8.78 Å². The lowest BCUT2D eigenvalue weighted by Gasteiger charge is -2.32. The van der Waals surface area contributed by atoms with E-state index in [0.29, 0.717) is 30.0 Å². The van der Waals surface area contributed by atoms with E-state index in [1.807, 2.05) is 13.8 Å². The maximum Gasteiger partial charge on any atom is 0.333 e. The Balaban J connectivity index is 0.00000181. The molecule has 214 valence electrons. The highest BCUT2D eigenvalue weighted by atomic mass is 19.3. The number of rotatable bonds is 8. The summed E-state index contributed by atoms with van der Waals surface area (Å²) in [5.74, 6) is -4.79. The molecule has 1 amide bonds.